The molecule has 0 radical (unpaired) electrons. The largest absolute Gasteiger partial charge is 0.492 e. The molecule has 0 aliphatic rings. The molecule has 0 aliphatic carbocycles. The smallest absolute Gasteiger partial charge is 0.119 e. The van der Waals surface area contributed by atoms with Gasteiger partial charge < -0.3 is 10.5 Å². The molecule has 3 heteroatoms. The van der Waals surface area contributed by atoms with Crippen molar-refractivity contribution in [3.63, 3.8) is 0 Å². The quantitative estimate of drug-likeness (QED) is 0.858. The Labute approximate surface area is 117 Å². The average Bonchev–Trinajstić information content (AvgIpc) is 2.37. The lowest BCUT2D eigenvalue weighted by molar-refractivity contribution is 0.121. The number of hydrogen-bond donors (Lipinski definition) is 1. The Balaban J connectivity index is 2.41. The highest BCUT2D eigenvalue weighted by atomic mass is 16.5. The van der Waals surface area contributed by atoms with Gasteiger partial charge in [-0.05, 0) is 37.1 Å². The second-order valence-corrected chi connectivity index (χ2v) is 6.22. The fourth-order valence-electron chi connectivity index (χ4n) is 1.92. The predicted octanol–water partition coefficient (Wildman–Crippen LogP) is 2.89. The van der Waals surface area contributed by atoms with E-state index in [4.69, 9.17) is 10.5 Å². The third-order valence-electron chi connectivity index (χ3n) is 3.76. The molecule has 0 fully saturated rings. The minimum absolute atomic E-state index is 0.286. The molecule has 0 amide bonds. The molecule has 108 valence electrons. The van der Waals surface area contributed by atoms with E-state index in [2.05, 4.69) is 39.6 Å². The molecule has 19 heavy (non-hydrogen) atoms. The summed E-state index contributed by atoms with van der Waals surface area (Å²) in [5.41, 5.74) is 7.01. The van der Waals surface area contributed by atoms with Gasteiger partial charge in [-0.2, -0.15) is 0 Å². The molecular formula is C16H28N2O. The van der Waals surface area contributed by atoms with Crippen molar-refractivity contribution < 1.29 is 4.74 Å². The van der Waals surface area contributed by atoms with E-state index >= 15 is 0 Å². The summed E-state index contributed by atoms with van der Waals surface area (Å²) in [4.78, 5) is 2.34. The zero-order valence-corrected chi connectivity index (χ0v) is 12.9. The highest BCUT2D eigenvalue weighted by Crippen LogP contribution is 2.22. The van der Waals surface area contributed by atoms with Crippen molar-refractivity contribution in [3.8, 4) is 5.75 Å². The SMILES string of the molecule is CC(N(C)CCOc1cccc(CN)c1)C(C)(C)C. The average molecular weight is 264 g/mol. The highest BCUT2D eigenvalue weighted by molar-refractivity contribution is 5.28. The van der Waals surface area contributed by atoms with Gasteiger partial charge in [0.05, 0.1) is 0 Å². The van der Waals surface area contributed by atoms with Crippen molar-refractivity contribution in [2.75, 3.05) is 20.2 Å². The normalized spacial score (nSPS) is 13.6. The monoisotopic (exact) mass is 264 g/mol. The Morgan fingerprint density at radius 3 is 2.58 bits per heavy atom. The van der Waals surface area contributed by atoms with Gasteiger partial charge in [-0.15, -0.1) is 0 Å². The summed E-state index contributed by atoms with van der Waals surface area (Å²) in [6.07, 6.45) is 0. The molecule has 0 aromatic heterocycles. The van der Waals surface area contributed by atoms with Crippen LogP contribution >= 0.6 is 0 Å². The van der Waals surface area contributed by atoms with Gasteiger partial charge in [0, 0.05) is 19.1 Å². The third kappa shape index (κ3) is 5.21. The molecule has 2 N–H and O–H groups in total. The van der Waals surface area contributed by atoms with Crippen LogP contribution in [0.1, 0.15) is 33.3 Å². The lowest BCUT2D eigenvalue weighted by atomic mass is 9.87. The van der Waals surface area contributed by atoms with Crippen LogP contribution in [0.3, 0.4) is 0 Å². The van der Waals surface area contributed by atoms with E-state index < -0.39 is 0 Å². The fraction of sp³-hybridized carbons (Fsp3) is 0.625. The van der Waals surface area contributed by atoms with Crippen molar-refractivity contribution in [2.24, 2.45) is 11.1 Å². The number of hydrogen-bond acceptors (Lipinski definition) is 3. The number of ether oxygens (including phenoxy) is 1. The molecule has 0 bridgehead atoms. The topological polar surface area (TPSA) is 38.5 Å². The van der Waals surface area contributed by atoms with Gasteiger partial charge in [0.15, 0.2) is 0 Å². The summed E-state index contributed by atoms with van der Waals surface area (Å²) in [6, 6.07) is 8.51. The van der Waals surface area contributed by atoms with Gasteiger partial charge in [-0.25, -0.2) is 0 Å². The lowest BCUT2D eigenvalue weighted by Crippen LogP contribution is -2.41. The van der Waals surface area contributed by atoms with Crippen LogP contribution < -0.4 is 10.5 Å². The van der Waals surface area contributed by atoms with E-state index in [0.29, 0.717) is 19.2 Å². The Bertz CT molecular complexity index is 385. The van der Waals surface area contributed by atoms with Gasteiger partial charge >= 0.3 is 0 Å². The first kappa shape index (κ1) is 16.0. The van der Waals surface area contributed by atoms with Crippen molar-refractivity contribution in [1.82, 2.24) is 4.90 Å². The summed E-state index contributed by atoms with van der Waals surface area (Å²) in [6.45, 7) is 11.2. The molecule has 3 nitrogen and oxygen atoms in total. The van der Waals surface area contributed by atoms with Gasteiger partial charge in [-0.3, -0.25) is 4.90 Å². The zero-order chi connectivity index (χ0) is 14.5. The van der Waals surface area contributed by atoms with Gasteiger partial charge in [0.1, 0.15) is 12.4 Å². The number of benzene rings is 1. The maximum Gasteiger partial charge on any atom is 0.119 e. The van der Waals surface area contributed by atoms with Gasteiger partial charge in [0.25, 0.3) is 0 Å². The van der Waals surface area contributed by atoms with Crippen molar-refractivity contribution >= 4 is 0 Å². The standard InChI is InChI=1S/C16H28N2O/c1-13(16(2,3)4)18(5)9-10-19-15-8-6-7-14(11-15)12-17/h6-8,11,13H,9-10,12,17H2,1-5H3. The highest BCUT2D eigenvalue weighted by Gasteiger charge is 2.23. The molecule has 1 unspecified atom stereocenters. The maximum atomic E-state index is 5.78. The Morgan fingerprint density at radius 1 is 1.32 bits per heavy atom. The Morgan fingerprint density at radius 2 is 2.00 bits per heavy atom. The van der Waals surface area contributed by atoms with E-state index in [1.54, 1.807) is 0 Å². The first-order valence-corrected chi connectivity index (χ1v) is 6.96. The van der Waals surface area contributed by atoms with Crippen molar-refractivity contribution in [3.05, 3.63) is 29.8 Å². The van der Waals surface area contributed by atoms with E-state index in [9.17, 15) is 0 Å². The molecular weight excluding hydrogens is 236 g/mol. The van der Waals surface area contributed by atoms with Crippen LogP contribution in [0, 0.1) is 5.41 Å². The second-order valence-electron chi connectivity index (χ2n) is 6.22. The van der Waals surface area contributed by atoms with Crippen LogP contribution in [0.15, 0.2) is 24.3 Å². The van der Waals surface area contributed by atoms with Crippen LogP contribution in [-0.2, 0) is 6.54 Å². The zero-order valence-electron chi connectivity index (χ0n) is 12.9. The summed E-state index contributed by atoms with van der Waals surface area (Å²) in [5, 5.41) is 0. The first-order valence-electron chi connectivity index (χ1n) is 6.96. The summed E-state index contributed by atoms with van der Waals surface area (Å²) in [5.74, 6) is 0.903. The summed E-state index contributed by atoms with van der Waals surface area (Å²) < 4.78 is 5.78. The van der Waals surface area contributed by atoms with Crippen molar-refractivity contribution in [2.45, 2.75) is 40.3 Å². The number of nitrogens with zero attached hydrogens (tertiary/aromatic N) is 1. The number of nitrogens with two attached hydrogens (primary N) is 1. The second kappa shape index (κ2) is 6.92. The Kier molecular flexibility index (Phi) is 5.83. The summed E-state index contributed by atoms with van der Waals surface area (Å²) >= 11 is 0. The van der Waals surface area contributed by atoms with E-state index in [0.717, 1.165) is 17.9 Å². The number of likely N-dealkylation sites (N-methyl/N-ethyl adjacent to an activating group) is 1. The summed E-state index contributed by atoms with van der Waals surface area (Å²) in [7, 11) is 2.15. The van der Waals surface area contributed by atoms with Crippen LogP contribution in [0.2, 0.25) is 0 Å². The minimum Gasteiger partial charge on any atom is -0.492 e. The van der Waals surface area contributed by atoms with Crippen molar-refractivity contribution in [1.29, 1.82) is 0 Å². The molecule has 0 saturated carbocycles. The van der Waals surface area contributed by atoms with Gasteiger partial charge in [-0.1, -0.05) is 32.9 Å². The molecule has 1 atom stereocenters. The molecule has 1 aromatic rings. The minimum atomic E-state index is 0.286. The van der Waals surface area contributed by atoms with Crippen LogP contribution in [-0.4, -0.2) is 31.1 Å². The fourth-order valence-corrected chi connectivity index (χ4v) is 1.92. The van der Waals surface area contributed by atoms with E-state index in [1.165, 1.54) is 0 Å². The Hall–Kier alpha value is -1.06. The lowest BCUT2D eigenvalue weighted by Gasteiger charge is -2.35. The molecule has 0 saturated heterocycles. The van der Waals surface area contributed by atoms with Crippen LogP contribution in [0.5, 0.6) is 5.75 Å². The number of rotatable bonds is 6. The third-order valence-corrected chi connectivity index (χ3v) is 3.76. The van der Waals surface area contributed by atoms with Crippen LogP contribution in [0.4, 0.5) is 0 Å². The molecule has 0 heterocycles. The maximum absolute atomic E-state index is 5.78. The molecule has 1 rings (SSSR count). The van der Waals surface area contributed by atoms with E-state index in [-0.39, 0.29) is 5.41 Å². The first-order chi connectivity index (χ1) is 8.84. The molecule has 0 spiro atoms. The van der Waals surface area contributed by atoms with Gasteiger partial charge in [0.2, 0.25) is 0 Å². The van der Waals surface area contributed by atoms with E-state index in [1.807, 2.05) is 24.3 Å². The predicted molar refractivity (Wildman–Crippen MR) is 81.4 cm³/mol. The van der Waals surface area contributed by atoms with Crippen LogP contribution in [0.25, 0.3) is 0 Å². The molecule has 1 aromatic carbocycles. The molecule has 0 aliphatic heterocycles.